The predicted octanol–water partition coefficient (Wildman–Crippen LogP) is 4.39. The standard InChI is InChI=1S/C21H26N2O/c1-2-3-9-21(23-16-14-22-15-17-23)18-10-12-20(13-11-18)24-19-7-5-4-6-8-19/h2,4-8,10-13,21-22H,1,3,9,14-17H2/t21-/m1/s1. The van der Waals surface area contributed by atoms with Gasteiger partial charge in [0.15, 0.2) is 0 Å². The Balaban J connectivity index is 1.71. The summed E-state index contributed by atoms with van der Waals surface area (Å²) in [6, 6.07) is 18.9. The van der Waals surface area contributed by atoms with Gasteiger partial charge in [0, 0.05) is 32.2 Å². The van der Waals surface area contributed by atoms with Crippen LogP contribution < -0.4 is 10.1 Å². The SMILES string of the molecule is C=CCC[C@H](c1ccc(Oc2ccccc2)cc1)N1CCNCC1. The summed E-state index contributed by atoms with van der Waals surface area (Å²) in [4.78, 5) is 2.58. The van der Waals surface area contributed by atoms with Gasteiger partial charge in [-0.2, -0.15) is 0 Å². The number of hydrogen-bond acceptors (Lipinski definition) is 3. The molecule has 1 fully saturated rings. The van der Waals surface area contributed by atoms with Crippen molar-refractivity contribution in [2.45, 2.75) is 18.9 Å². The Morgan fingerprint density at radius 2 is 1.67 bits per heavy atom. The molecule has 1 N–H and O–H groups in total. The lowest BCUT2D eigenvalue weighted by Gasteiger charge is -2.35. The van der Waals surface area contributed by atoms with Crippen LogP contribution in [-0.2, 0) is 0 Å². The minimum atomic E-state index is 0.455. The average Bonchev–Trinajstić information content (AvgIpc) is 2.65. The fourth-order valence-corrected chi connectivity index (χ4v) is 3.21. The first-order valence-electron chi connectivity index (χ1n) is 8.75. The molecule has 0 radical (unpaired) electrons. The number of nitrogens with zero attached hydrogens (tertiary/aromatic N) is 1. The molecule has 0 spiro atoms. The average molecular weight is 322 g/mol. The zero-order valence-corrected chi connectivity index (χ0v) is 14.2. The largest absolute Gasteiger partial charge is 0.457 e. The number of hydrogen-bond donors (Lipinski definition) is 1. The third-order valence-electron chi connectivity index (χ3n) is 4.48. The van der Waals surface area contributed by atoms with Crippen LogP contribution in [0.15, 0.2) is 67.3 Å². The number of allylic oxidation sites excluding steroid dienone is 1. The van der Waals surface area contributed by atoms with Gasteiger partial charge in [0.1, 0.15) is 11.5 Å². The first kappa shape index (κ1) is 16.7. The van der Waals surface area contributed by atoms with Gasteiger partial charge < -0.3 is 10.1 Å². The Hall–Kier alpha value is -2.10. The van der Waals surface area contributed by atoms with Crippen molar-refractivity contribution < 1.29 is 4.74 Å². The molecule has 0 bridgehead atoms. The summed E-state index contributed by atoms with van der Waals surface area (Å²) in [5.74, 6) is 1.75. The smallest absolute Gasteiger partial charge is 0.127 e. The highest BCUT2D eigenvalue weighted by Crippen LogP contribution is 2.29. The Morgan fingerprint density at radius 3 is 2.33 bits per heavy atom. The van der Waals surface area contributed by atoms with Crippen molar-refractivity contribution in [3.05, 3.63) is 72.8 Å². The molecule has 1 heterocycles. The molecule has 3 heteroatoms. The van der Waals surface area contributed by atoms with Gasteiger partial charge in [-0.15, -0.1) is 6.58 Å². The molecule has 1 saturated heterocycles. The molecule has 2 aromatic rings. The highest BCUT2D eigenvalue weighted by atomic mass is 16.5. The summed E-state index contributed by atoms with van der Waals surface area (Å²) in [6.07, 6.45) is 4.17. The normalized spacial score (nSPS) is 16.5. The quantitative estimate of drug-likeness (QED) is 0.765. The molecule has 3 nitrogen and oxygen atoms in total. The van der Waals surface area contributed by atoms with Gasteiger partial charge >= 0.3 is 0 Å². The van der Waals surface area contributed by atoms with E-state index >= 15 is 0 Å². The molecular formula is C21H26N2O. The molecule has 126 valence electrons. The molecule has 3 rings (SSSR count). The van der Waals surface area contributed by atoms with Crippen LogP contribution >= 0.6 is 0 Å². The number of ether oxygens (including phenoxy) is 1. The second-order valence-corrected chi connectivity index (χ2v) is 6.15. The first-order chi connectivity index (χ1) is 11.9. The van der Waals surface area contributed by atoms with Crippen LogP contribution in [0, 0.1) is 0 Å². The zero-order valence-electron chi connectivity index (χ0n) is 14.2. The zero-order chi connectivity index (χ0) is 16.6. The maximum atomic E-state index is 5.90. The summed E-state index contributed by atoms with van der Waals surface area (Å²) >= 11 is 0. The van der Waals surface area contributed by atoms with E-state index < -0.39 is 0 Å². The molecule has 0 amide bonds. The summed E-state index contributed by atoms with van der Waals surface area (Å²) < 4.78 is 5.90. The second kappa shape index (κ2) is 8.67. The fourth-order valence-electron chi connectivity index (χ4n) is 3.21. The van der Waals surface area contributed by atoms with Crippen LogP contribution in [0.5, 0.6) is 11.5 Å². The summed E-state index contributed by atoms with van der Waals surface area (Å²) in [5.41, 5.74) is 1.36. The molecule has 0 aliphatic carbocycles. The molecule has 1 aliphatic heterocycles. The molecule has 2 aromatic carbocycles. The van der Waals surface area contributed by atoms with Crippen molar-refractivity contribution in [1.29, 1.82) is 0 Å². The lowest BCUT2D eigenvalue weighted by molar-refractivity contribution is 0.166. The van der Waals surface area contributed by atoms with E-state index in [0.29, 0.717) is 6.04 Å². The molecule has 0 saturated carbocycles. The van der Waals surface area contributed by atoms with E-state index in [-0.39, 0.29) is 0 Å². The molecule has 24 heavy (non-hydrogen) atoms. The van der Waals surface area contributed by atoms with E-state index in [0.717, 1.165) is 50.5 Å². The third-order valence-corrected chi connectivity index (χ3v) is 4.48. The van der Waals surface area contributed by atoms with E-state index in [2.05, 4.69) is 41.1 Å². The number of rotatable bonds is 7. The van der Waals surface area contributed by atoms with Crippen LogP contribution in [0.4, 0.5) is 0 Å². The topological polar surface area (TPSA) is 24.5 Å². The number of piperazine rings is 1. The van der Waals surface area contributed by atoms with E-state index in [1.54, 1.807) is 0 Å². The minimum absolute atomic E-state index is 0.455. The van der Waals surface area contributed by atoms with E-state index in [1.807, 2.05) is 36.4 Å². The molecule has 0 unspecified atom stereocenters. The van der Waals surface area contributed by atoms with Crippen molar-refractivity contribution in [2.75, 3.05) is 26.2 Å². The number of nitrogens with one attached hydrogen (secondary N) is 1. The third kappa shape index (κ3) is 4.47. The number of para-hydroxylation sites is 1. The van der Waals surface area contributed by atoms with Crippen molar-refractivity contribution in [1.82, 2.24) is 10.2 Å². The van der Waals surface area contributed by atoms with Crippen molar-refractivity contribution >= 4 is 0 Å². The molecule has 0 aromatic heterocycles. The van der Waals surface area contributed by atoms with Gasteiger partial charge in [0.05, 0.1) is 0 Å². The summed E-state index contributed by atoms with van der Waals surface area (Å²) in [7, 11) is 0. The van der Waals surface area contributed by atoms with Crippen LogP contribution in [0.1, 0.15) is 24.4 Å². The highest BCUT2D eigenvalue weighted by molar-refractivity contribution is 5.34. The van der Waals surface area contributed by atoms with E-state index in [9.17, 15) is 0 Å². The Morgan fingerprint density at radius 1 is 1.00 bits per heavy atom. The van der Waals surface area contributed by atoms with Gasteiger partial charge in [-0.1, -0.05) is 36.4 Å². The highest BCUT2D eigenvalue weighted by Gasteiger charge is 2.21. The summed E-state index contributed by atoms with van der Waals surface area (Å²) in [5, 5.41) is 3.43. The first-order valence-corrected chi connectivity index (χ1v) is 8.75. The minimum Gasteiger partial charge on any atom is -0.457 e. The lowest BCUT2D eigenvalue weighted by atomic mass is 9.99. The van der Waals surface area contributed by atoms with Crippen LogP contribution in [0.2, 0.25) is 0 Å². The van der Waals surface area contributed by atoms with Gasteiger partial charge in [-0.25, -0.2) is 0 Å². The molecule has 1 atom stereocenters. The maximum Gasteiger partial charge on any atom is 0.127 e. The van der Waals surface area contributed by atoms with E-state index in [4.69, 9.17) is 4.74 Å². The molecule has 1 aliphatic rings. The maximum absolute atomic E-state index is 5.90. The fraction of sp³-hybridized carbons (Fsp3) is 0.333. The Labute approximate surface area is 145 Å². The summed E-state index contributed by atoms with van der Waals surface area (Å²) in [6.45, 7) is 8.22. The van der Waals surface area contributed by atoms with Gasteiger partial charge in [0.25, 0.3) is 0 Å². The van der Waals surface area contributed by atoms with Crippen molar-refractivity contribution in [3.8, 4) is 11.5 Å². The van der Waals surface area contributed by atoms with Crippen LogP contribution in [0.25, 0.3) is 0 Å². The Kier molecular flexibility index (Phi) is 6.05. The number of benzene rings is 2. The second-order valence-electron chi connectivity index (χ2n) is 6.15. The Bertz CT molecular complexity index is 618. The van der Waals surface area contributed by atoms with E-state index in [1.165, 1.54) is 5.56 Å². The molecular weight excluding hydrogens is 296 g/mol. The van der Waals surface area contributed by atoms with Crippen LogP contribution in [-0.4, -0.2) is 31.1 Å². The van der Waals surface area contributed by atoms with Crippen molar-refractivity contribution in [2.24, 2.45) is 0 Å². The van der Waals surface area contributed by atoms with Gasteiger partial charge in [0.2, 0.25) is 0 Å². The van der Waals surface area contributed by atoms with Crippen LogP contribution in [0.3, 0.4) is 0 Å². The monoisotopic (exact) mass is 322 g/mol. The lowest BCUT2D eigenvalue weighted by Crippen LogP contribution is -2.45. The van der Waals surface area contributed by atoms with Gasteiger partial charge in [-0.3, -0.25) is 4.90 Å². The predicted molar refractivity (Wildman–Crippen MR) is 99.6 cm³/mol. The van der Waals surface area contributed by atoms with Gasteiger partial charge in [-0.05, 0) is 42.7 Å². The van der Waals surface area contributed by atoms with Crippen molar-refractivity contribution in [3.63, 3.8) is 0 Å².